The Morgan fingerprint density at radius 1 is 1.08 bits per heavy atom. The quantitative estimate of drug-likeness (QED) is 0.368. The summed E-state index contributed by atoms with van der Waals surface area (Å²) in [5, 5.41) is 0. The smallest absolute Gasteiger partial charge is 0.0185 e. The Labute approximate surface area is 150 Å². The first-order chi connectivity index (χ1) is 11.8. The Morgan fingerprint density at radius 3 is 2.46 bits per heavy atom. The predicted octanol–water partition coefficient (Wildman–Crippen LogP) is 7.93. The van der Waals surface area contributed by atoms with Crippen LogP contribution in [0.15, 0.2) is 67.3 Å². The molecule has 1 aliphatic carbocycles. The van der Waals surface area contributed by atoms with Crippen molar-refractivity contribution < 1.29 is 0 Å². The minimum absolute atomic E-state index is 1.18. The maximum atomic E-state index is 3.36. The fourth-order valence-electron chi connectivity index (χ4n) is 2.49. The molecule has 0 N–H and O–H groups in total. The van der Waals surface area contributed by atoms with E-state index in [2.05, 4.69) is 68.1 Å². The molecule has 1 aromatic carbocycles. The van der Waals surface area contributed by atoms with E-state index in [0.717, 1.165) is 0 Å². The summed E-state index contributed by atoms with van der Waals surface area (Å²) in [6, 6.07) is 9.04. The van der Waals surface area contributed by atoms with E-state index in [9.17, 15) is 0 Å². The molecule has 1 aliphatic rings. The highest BCUT2D eigenvalue weighted by Gasteiger charge is 2.02. The summed E-state index contributed by atoms with van der Waals surface area (Å²) in [6.07, 6.45) is 20.4. The molecule has 2 rings (SSSR count). The highest BCUT2D eigenvalue weighted by Crippen LogP contribution is 2.22. The van der Waals surface area contributed by atoms with E-state index in [1.807, 2.05) is 20.8 Å². The molecular formula is C24H36. The number of aryl methyl sites for hydroxylation is 1. The van der Waals surface area contributed by atoms with Gasteiger partial charge in [-0.05, 0) is 69.1 Å². The number of benzene rings is 1. The molecule has 0 heteroatoms. The third-order valence-electron chi connectivity index (χ3n) is 3.58. The maximum absolute atomic E-state index is 3.36. The molecule has 0 radical (unpaired) electrons. The van der Waals surface area contributed by atoms with Crippen molar-refractivity contribution in [3.8, 4) is 0 Å². The van der Waals surface area contributed by atoms with Gasteiger partial charge in [-0.3, -0.25) is 0 Å². The van der Waals surface area contributed by atoms with Gasteiger partial charge < -0.3 is 0 Å². The summed E-state index contributed by atoms with van der Waals surface area (Å²) in [4.78, 5) is 0. The van der Waals surface area contributed by atoms with Gasteiger partial charge in [-0.25, -0.2) is 0 Å². The lowest BCUT2D eigenvalue weighted by Crippen LogP contribution is -1.90. The summed E-state index contributed by atoms with van der Waals surface area (Å²) < 4.78 is 0. The van der Waals surface area contributed by atoms with E-state index < -0.39 is 0 Å². The third-order valence-corrected chi connectivity index (χ3v) is 3.58. The van der Waals surface area contributed by atoms with Crippen LogP contribution in [-0.2, 0) is 6.42 Å². The first kappa shape index (κ1) is 22.2. The fourth-order valence-corrected chi connectivity index (χ4v) is 2.49. The van der Waals surface area contributed by atoms with Crippen LogP contribution in [0.2, 0.25) is 0 Å². The van der Waals surface area contributed by atoms with Gasteiger partial charge in [0.05, 0.1) is 0 Å². The highest BCUT2D eigenvalue weighted by atomic mass is 14.1. The predicted molar refractivity (Wildman–Crippen MR) is 112 cm³/mol. The molecule has 0 unspecified atom stereocenters. The van der Waals surface area contributed by atoms with Crippen molar-refractivity contribution in [2.24, 2.45) is 0 Å². The zero-order valence-electron chi connectivity index (χ0n) is 16.2. The summed E-state index contributed by atoms with van der Waals surface area (Å²) in [6.45, 7) is 11.3. The van der Waals surface area contributed by atoms with Gasteiger partial charge in [0.25, 0.3) is 0 Å². The summed E-state index contributed by atoms with van der Waals surface area (Å²) in [7, 11) is 0. The molecule has 0 nitrogen and oxygen atoms in total. The second kappa shape index (κ2) is 16.1. The lowest BCUT2D eigenvalue weighted by atomic mass is 9.96. The molecule has 0 saturated carbocycles. The van der Waals surface area contributed by atoms with Gasteiger partial charge >= 0.3 is 0 Å². The van der Waals surface area contributed by atoms with E-state index in [1.165, 1.54) is 55.2 Å². The third kappa shape index (κ3) is 10.0. The van der Waals surface area contributed by atoms with Crippen molar-refractivity contribution in [1.29, 1.82) is 0 Å². The minimum Gasteiger partial charge on any atom is -0.103 e. The van der Waals surface area contributed by atoms with Gasteiger partial charge in [-0.2, -0.15) is 0 Å². The number of unbranched alkanes of at least 4 members (excludes halogenated alkanes) is 2. The van der Waals surface area contributed by atoms with Crippen molar-refractivity contribution in [2.75, 3.05) is 0 Å². The monoisotopic (exact) mass is 324 g/mol. The molecule has 0 aromatic heterocycles. The number of hydrogen-bond donors (Lipinski definition) is 0. The van der Waals surface area contributed by atoms with E-state index in [4.69, 9.17) is 0 Å². The van der Waals surface area contributed by atoms with Gasteiger partial charge in [-0.15, -0.1) is 6.58 Å². The molecule has 0 heterocycles. The molecule has 0 aliphatic heterocycles. The maximum Gasteiger partial charge on any atom is -0.0185 e. The van der Waals surface area contributed by atoms with E-state index in [1.54, 1.807) is 6.08 Å². The zero-order chi connectivity index (χ0) is 18.0. The second-order valence-electron chi connectivity index (χ2n) is 5.56. The second-order valence-corrected chi connectivity index (χ2v) is 5.56. The molecule has 0 fully saturated rings. The molecule has 1 aromatic rings. The van der Waals surface area contributed by atoms with Crippen molar-refractivity contribution in [2.45, 2.75) is 66.2 Å². The first-order valence-corrected chi connectivity index (χ1v) is 9.46. The zero-order valence-corrected chi connectivity index (χ0v) is 16.2. The van der Waals surface area contributed by atoms with Crippen LogP contribution in [0.3, 0.4) is 0 Å². The molecule has 0 saturated heterocycles. The summed E-state index contributed by atoms with van der Waals surface area (Å²) >= 11 is 0. The van der Waals surface area contributed by atoms with Crippen LogP contribution in [0.5, 0.6) is 0 Å². The molecular weight excluding hydrogens is 288 g/mol. The molecule has 132 valence electrons. The molecule has 24 heavy (non-hydrogen) atoms. The van der Waals surface area contributed by atoms with Crippen LogP contribution in [0, 0.1) is 0 Å². The number of rotatable bonds is 6. The van der Waals surface area contributed by atoms with Gasteiger partial charge in [0.1, 0.15) is 0 Å². The fraction of sp³-hybridized carbons (Fsp3) is 0.417. The van der Waals surface area contributed by atoms with Gasteiger partial charge in [0, 0.05) is 0 Å². The standard InChI is InChI=1S/C19H24.C3H6.C2H6/c1-2-3-4-5-7-11-17-12-10-15-19(16-17)18-13-8-6-9-14-18;1-3-2;1-2/h2-3,8,10,12-16H,4-7,9,11H2,1H3;3H,1H2,2H3;1-2H3/b3-2+;;. The topological polar surface area (TPSA) is 0 Å². The number of hydrogen-bond acceptors (Lipinski definition) is 0. The average molecular weight is 325 g/mol. The Morgan fingerprint density at radius 2 is 1.83 bits per heavy atom. The van der Waals surface area contributed by atoms with Crippen molar-refractivity contribution in [3.63, 3.8) is 0 Å². The van der Waals surface area contributed by atoms with Crippen LogP contribution in [0.4, 0.5) is 0 Å². The molecule has 0 amide bonds. The SMILES string of the molecule is C/C=C/CCCCc1cccc(C2=CCCC=C2)c1.C=CC.CC. The average Bonchev–Trinajstić information content (AvgIpc) is 2.65. The normalized spacial score (nSPS) is 12.6. The van der Waals surface area contributed by atoms with Crippen LogP contribution >= 0.6 is 0 Å². The highest BCUT2D eigenvalue weighted by molar-refractivity contribution is 5.75. The van der Waals surface area contributed by atoms with Crippen LogP contribution < -0.4 is 0 Å². The van der Waals surface area contributed by atoms with Crippen molar-refractivity contribution >= 4 is 5.57 Å². The molecule has 0 atom stereocenters. The van der Waals surface area contributed by atoms with E-state index in [-0.39, 0.29) is 0 Å². The van der Waals surface area contributed by atoms with Crippen molar-refractivity contribution in [3.05, 3.63) is 78.4 Å². The Bertz CT molecular complexity index is 515. The lowest BCUT2D eigenvalue weighted by Gasteiger charge is -2.09. The van der Waals surface area contributed by atoms with Crippen LogP contribution in [0.25, 0.3) is 5.57 Å². The van der Waals surface area contributed by atoms with Gasteiger partial charge in [0.2, 0.25) is 0 Å². The van der Waals surface area contributed by atoms with E-state index >= 15 is 0 Å². The Kier molecular flexibility index (Phi) is 14.8. The minimum atomic E-state index is 1.18. The van der Waals surface area contributed by atoms with Crippen molar-refractivity contribution in [1.82, 2.24) is 0 Å². The molecule has 0 spiro atoms. The van der Waals surface area contributed by atoms with Crippen LogP contribution in [0.1, 0.15) is 70.9 Å². The van der Waals surface area contributed by atoms with Gasteiger partial charge in [0.15, 0.2) is 0 Å². The number of allylic oxidation sites excluding steroid dienone is 7. The molecule has 0 bridgehead atoms. The van der Waals surface area contributed by atoms with Gasteiger partial charge in [-0.1, -0.05) is 74.6 Å². The van der Waals surface area contributed by atoms with Crippen LogP contribution in [-0.4, -0.2) is 0 Å². The van der Waals surface area contributed by atoms with E-state index in [0.29, 0.717) is 0 Å². The largest absolute Gasteiger partial charge is 0.103 e. The first-order valence-electron chi connectivity index (χ1n) is 9.46. The summed E-state index contributed by atoms with van der Waals surface area (Å²) in [5.41, 5.74) is 4.24. The lowest BCUT2D eigenvalue weighted by molar-refractivity contribution is 0.747. The Hall–Kier alpha value is -1.82. The Balaban J connectivity index is 0.000000952. The summed E-state index contributed by atoms with van der Waals surface area (Å²) in [5.74, 6) is 0.